The summed E-state index contributed by atoms with van der Waals surface area (Å²) >= 11 is 0. The van der Waals surface area contributed by atoms with Crippen LogP contribution < -0.4 is 4.90 Å². The number of nitrogens with zero attached hydrogens (tertiary/aromatic N) is 2. The Hall–Kier alpha value is -7.99. The monoisotopic (exact) mass is 750 g/mol. The van der Waals surface area contributed by atoms with Gasteiger partial charge in [0, 0.05) is 16.8 Å². The van der Waals surface area contributed by atoms with Crippen molar-refractivity contribution in [2.45, 2.75) is 0 Å². The minimum Gasteiger partial charge on any atom is -0.310 e. The predicted octanol–water partition coefficient (Wildman–Crippen LogP) is 16.1. The Morgan fingerprint density at radius 2 is 0.881 bits per heavy atom. The number of hydrogen-bond acceptors (Lipinski definition) is 1. The smallest absolute Gasteiger partial charge is 0.187 e. The highest BCUT2D eigenvalue weighted by atomic mass is 15.1. The first-order chi connectivity index (χ1) is 29.2. The number of para-hydroxylation sites is 1. The maximum Gasteiger partial charge on any atom is 0.187 e. The quantitative estimate of drug-likeness (QED) is 0.0852. The van der Waals surface area contributed by atoms with Gasteiger partial charge in [-0.1, -0.05) is 188 Å². The molecular formula is C57H38N2. The van der Waals surface area contributed by atoms with Crippen molar-refractivity contribution in [1.82, 2.24) is 0 Å². The van der Waals surface area contributed by atoms with Crippen LogP contribution in [0.1, 0.15) is 16.7 Å². The first-order valence-electron chi connectivity index (χ1n) is 20.0. The van der Waals surface area contributed by atoms with E-state index < -0.39 is 0 Å². The van der Waals surface area contributed by atoms with Gasteiger partial charge in [0.1, 0.15) is 0 Å². The van der Waals surface area contributed by atoms with E-state index in [0.717, 1.165) is 39.3 Å². The van der Waals surface area contributed by atoms with E-state index >= 15 is 0 Å². The lowest BCUT2D eigenvalue weighted by molar-refractivity contribution is 1.30. The fourth-order valence-electron chi connectivity index (χ4n) is 8.54. The van der Waals surface area contributed by atoms with Crippen LogP contribution in [0.25, 0.3) is 71.1 Å². The van der Waals surface area contributed by atoms with Crippen molar-refractivity contribution >= 4 is 66.7 Å². The Balaban J connectivity index is 1.08. The standard InChI is InChI=1S/C57H38N2/c1-58-46-21-14-20-45(39-46)54(42-16-4-2-5-17-42)38-40-30-32-43(33-31-40)56-50-25-10-12-27-52(50)57(53-28-13-11-26-51(53)56)44-34-36-48(37-35-44)59(47-22-6-3-7-23-47)55-29-15-19-41-18-8-9-24-49(41)55/h2-39H. The molecule has 0 aliphatic heterocycles. The van der Waals surface area contributed by atoms with E-state index in [4.69, 9.17) is 6.57 Å². The van der Waals surface area contributed by atoms with Crippen molar-refractivity contribution in [1.29, 1.82) is 0 Å². The average molecular weight is 751 g/mol. The van der Waals surface area contributed by atoms with Gasteiger partial charge in [0.25, 0.3) is 0 Å². The third kappa shape index (κ3) is 6.72. The molecule has 276 valence electrons. The first-order valence-corrected chi connectivity index (χ1v) is 20.0. The van der Waals surface area contributed by atoms with Gasteiger partial charge in [0.15, 0.2) is 5.69 Å². The molecule has 0 aliphatic rings. The molecule has 0 N–H and O–H groups in total. The van der Waals surface area contributed by atoms with Crippen LogP contribution in [0.3, 0.4) is 0 Å². The van der Waals surface area contributed by atoms with E-state index in [-0.39, 0.29) is 0 Å². The molecule has 2 heteroatoms. The van der Waals surface area contributed by atoms with Crippen LogP contribution in [0, 0.1) is 6.57 Å². The van der Waals surface area contributed by atoms with Crippen LogP contribution in [-0.2, 0) is 0 Å². The molecule has 0 saturated heterocycles. The van der Waals surface area contributed by atoms with Gasteiger partial charge < -0.3 is 4.90 Å². The van der Waals surface area contributed by atoms with Crippen LogP contribution in [0.2, 0.25) is 0 Å². The van der Waals surface area contributed by atoms with Crippen LogP contribution >= 0.6 is 0 Å². The highest BCUT2D eigenvalue weighted by Gasteiger charge is 2.19. The number of hydrogen-bond donors (Lipinski definition) is 0. The van der Waals surface area contributed by atoms with E-state index in [9.17, 15) is 0 Å². The first kappa shape index (κ1) is 35.4. The van der Waals surface area contributed by atoms with E-state index in [0.29, 0.717) is 5.69 Å². The fraction of sp³-hybridized carbons (Fsp3) is 0. The lowest BCUT2D eigenvalue weighted by Crippen LogP contribution is -2.10. The van der Waals surface area contributed by atoms with Crippen molar-refractivity contribution in [3.05, 3.63) is 253 Å². The molecular weight excluding hydrogens is 713 g/mol. The Bertz CT molecular complexity index is 3130. The zero-order chi connectivity index (χ0) is 39.5. The second-order valence-corrected chi connectivity index (χ2v) is 14.8. The number of rotatable bonds is 8. The SMILES string of the molecule is [C-]#[N+]c1cccc(C(=Cc2ccc(-c3c4ccccc4c(-c4ccc(N(c5ccccc5)c5cccc6ccccc56)cc4)c4ccccc34)cc2)c2ccccc2)c1. The topological polar surface area (TPSA) is 7.60 Å². The average Bonchev–Trinajstić information content (AvgIpc) is 3.31. The lowest BCUT2D eigenvalue weighted by Gasteiger charge is -2.27. The summed E-state index contributed by atoms with van der Waals surface area (Å²) in [5.41, 5.74) is 13.1. The number of benzene rings is 10. The Morgan fingerprint density at radius 1 is 0.407 bits per heavy atom. The van der Waals surface area contributed by atoms with Crippen LogP contribution in [0.5, 0.6) is 0 Å². The molecule has 0 heterocycles. The van der Waals surface area contributed by atoms with Crippen molar-refractivity contribution in [3.63, 3.8) is 0 Å². The second-order valence-electron chi connectivity index (χ2n) is 14.8. The van der Waals surface area contributed by atoms with Gasteiger partial charge in [-0.15, -0.1) is 0 Å². The van der Waals surface area contributed by atoms with Gasteiger partial charge >= 0.3 is 0 Å². The molecule has 0 aromatic heterocycles. The molecule has 0 aliphatic carbocycles. The largest absolute Gasteiger partial charge is 0.310 e. The summed E-state index contributed by atoms with van der Waals surface area (Å²) in [5.74, 6) is 0. The molecule has 10 aromatic carbocycles. The molecule has 0 amide bonds. The van der Waals surface area contributed by atoms with E-state index in [1.165, 1.54) is 54.6 Å². The predicted molar refractivity (Wildman–Crippen MR) is 251 cm³/mol. The van der Waals surface area contributed by atoms with Crippen LogP contribution in [0.4, 0.5) is 22.7 Å². The van der Waals surface area contributed by atoms with Gasteiger partial charge in [0.05, 0.1) is 12.3 Å². The molecule has 0 spiro atoms. The third-order valence-corrected chi connectivity index (χ3v) is 11.2. The molecule has 2 nitrogen and oxygen atoms in total. The van der Waals surface area contributed by atoms with E-state index in [1.807, 2.05) is 24.3 Å². The van der Waals surface area contributed by atoms with Gasteiger partial charge in [-0.05, 0) is 114 Å². The Labute approximate surface area is 345 Å². The van der Waals surface area contributed by atoms with Gasteiger partial charge in [-0.2, -0.15) is 0 Å². The summed E-state index contributed by atoms with van der Waals surface area (Å²) in [6.45, 7) is 7.60. The van der Waals surface area contributed by atoms with Gasteiger partial charge in [-0.25, -0.2) is 4.85 Å². The highest BCUT2D eigenvalue weighted by molar-refractivity contribution is 6.21. The van der Waals surface area contributed by atoms with Gasteiger partial charge in [0.2, 0.25) is 0 Å². The molecule has 0 saturated carbocycles. The zero-order valence-corrected chi connectivity index (χ0v) is 32.3. The Morgan fingerprint density at radius 3 is 1.49 bits per heavy atom. The molecule has 0 bridgehead atoms. The van der Waals surface area contributed by atoms with Crippen molar-refractivity contribution in [2.24, 2.45) is 0 Å². The number of anilines is 3. The van der Waals surface area contributed by atoms with E-state index in [1.54, 1.807) is 0 Å². The van der Waals surface area contributed by atoms with Crippen molar-refractivity contribution < 1.29 is 0 Å². The summed E-state index contributed by atoms with van der Waals surface area (Å²) in [6.07, 6.45) is 2.23. The minimum atomic E-state index is 0.632. The molecule has 0 fully saturated rings. The summed E-state index contributed by atoms with van der Waals surface area (Å²) in [5, 5.41) is 7.30. The summed E-state index contributed by atoms with van der Waals surface area (Å²) < 4.78 is 0. The highest BCUT2D eigenvalue weighted by Crippen LogP contribution is 2.45. The molecule has 59 heavy (non-hydrogen) atoms. The summed E-state index contributed by atoms with van der Waals surface area (Å²) in [7, 11) is 0. The van der Waals surface area contributed by atoms with Crippen LogP contribution in [-0.4, -0.2) is 0 Å². The maximum absolute atomic E-state index is 7.60. The fourth-order valence-corrected chi connectivity index (χ4v) is 8.54. The van der Waals surface area contributed by atoms with Crippen molar-refractivity contribution in [2.75, 3.05) is 4.90 Å². The Kier molecular flexibility index (Phi) is 9.31. The number of fused-ring (bicyclic) bond motifs is 3. The second kappa shape index (κ2) is 15.5. The van der Waals surface area contributed by atoms with Gasteiger partial charge in [-0.3, -0.25) is 0 Å². The lowest BCUT2D eigenvalue weighted by atomic mass is 9.85. The van der Waals surface area contributed by atoms with Crippen molar-refractivity contribution in [3.8, 4) is 22.3 Å². The molecule has 10 aromatic rings. The molecule has 0 atom stereocenters. The molecule has 10 rings (SSSR count). The normalized spacial score (nSPS) is 11.5. The summed E-state index contributed by atoms with van der Waals surface area (Å²) in [4.78, 5) is 6.06. The molecule has 0 radical (unpaired) electrons. The third-order valence-electron chi connectivity index (χ3n) is 11.2. The maximum atomic E-state index is 7.60. The van der Waals surface area contributed by atoms with Crippen LogP contribution in [0.15, 0.2) is 224 Å². The summed E-state index contributed by atoms with van der Waals surface area (Å²) in [6, 6.07) is 79.7. The van der Waals surface area contributed by atoms with E-state index in [2.05, 4.69) is 216 Å². The zero-order valence-electron chi connectivity index (χ0n) is 32.3. The molecule has 0 unspecified atom stereocenters. The minimum absolute atomic E-state index is 0.632.